The van der Waals surface area contributed by atoms with Crippen LogP contribution >= 0.6 is 5.81 Å². The van der Waals surface area contributed by atoms with E-state index >= 15 is 0 Å². The zero-order valence-corrected chi connectivity index (χ0v) is 14.7. The van der Waals surface area contributed by atoms with Gasteiger partial charge in [0.2, 0.25) is 0 Å². The van der Waals surface area contributed by atoms with Crippen molar-refractivity contribution in [2.24, 2.45) is 17.8 Å². The average molecular weight is 298 g/mol. The zero-order valence-electron chi connectivity index (χ0n) is 13.0. The Morgan fingerprint density at radius 1 is 0.833 bits per heavy atom. The second kappa shape index (κ2) is 5.76. The van der Waals surface area contributed by atoms with Crippen LogP contribution in [0, 0.1) is 17.8 Å². The minimum absolute atomic E-state index is 0.284. The van der Waals surface area contributed by atoms with Gasteiger partial charge in [0.15, 0.2) is 0 Å². The van der Waals surface area contributed by atoms with Gasteiger partial charge in [0.1, 0.15) is 0 Å². The first-order valence-electron chi connectivity index (χ1n) is 6.78. The molecule has 0 aromatic rings. The molecule has 0 atom stereocenters. The van der Waals surface area contributed by atoms with Crippen molar-refractivity contribution >= 4 is 15.5 Å². The van der Waals surface area contributed by atoms with Gasteiger partial charge in [0, 0.05) is 0 Å². The van der Waals surface area contributed by atoms with Gasteiger partial charge in [-0.3, -0.25) is 0 Å². The molecule has 0 radical (unpaired) electrons. The van der Waals surface area contributed by atoms with E-state index in [1.165, 1.54) is 0 Å². The van der Waals surface area contributed by atoms with E-state index < -0.39 is 15.5 Å². The predicted octanol–water partition coefficient (Wildman–Crippen LogP) is 3.94. The summed E-state index contributed by atoms with van der Waals surface area (Å²) in [7, 11) is -3.98. The van der Waals surface area contributed by atoms with Gasteiger partial charge < -0.3 is 0 Å². The van der Waals surface area contributed by atoms with Crippen LogP contribution < -0.4 is 0 Å². The van der Waals surface area contributed by atoms with Crippen molar-refractivity contribution in [2.45, 2.75) is 41.5 Å². The molecule has 0 unspecified atom stereocenters. The summed E-state index contributed by atoms with van der Waals surface area (Å²) in [5.41, 5.74) is 0. The molecule has 0 aromatic heterocycles. The molecule has 0 spiro atoms. The molecule has 0 heterocycles. The standard InChI is InChI=1S/C13H31O3PS/c1-11(2)8-17(7,9-12(3)4,10-13(5)6)18(14,15)16/h11-13H,8-10H2,1-7H3,(H,14,15,16). The van der Waals surface area contributed by atoms with Crippen LogP contribution in [0.1, 0.15) is 41.5 Å². The summed E-state index contributed by atoms with van der Waals surface area (Å²) in [6.07, 6.45) is 1.88. The molecule has 1 N–H and O–H groups in total. The summed E-state index contributed by atoms with van der Waals surface area (Å²) in [6.45, 7) is 14.1. The third-order valence-electron chi connectivity index (χ3n) is 3.36. The third-order valence-corrected chi connectivity index (χ3v) is 15.7. The van der Waals surface area contributed by atoms with Crippen LogP contribution in [0.4, 0.5) is 0 Å². The van der Waals surface area contributed by atoms with Gasteiger partial charge in [-0.1, -0.05) is 0 Å². The number of hydrogen-bond donors (Lipinski definition) is 1. The van der Waals surface area contributed by atoms with Crippen LogP contribution in [-0.4, -0.2) is 38.1 Å². The molecule has 0 amide bonds. The Hall–Kier alpha value is 0.340. The summed E-state index contributed by atoms with van der Waals surface area (Å²) < 4.78 is 34.4. The van der Waals surface area contributed by atoms with E-state index in [-0.39, 0.29) is 17.8 Å². The minimum atomic E-state index is -3.98. The Morgan fingerprint density at radius 2 is 1.06 bits per heavy atom. The first kappa shape index (κ1) is 18.3. The molecular weight excluding hydrogens is 267 g/mol. The van der Waals surface area contributed by atoms with Crippen LogP contribution in [0.5, 0.6) is 0 Å². The Morgan fingerprint density at radius 3 is 1.17 bits per heavy atom. The predicted molar refractivity (Wildman–Crippen MR) is 83.5 cm³/mol. The molecule has 0 aromatic carbocycles. The molecule has 18 heavy (non-hydrogen) atoms. The molecule has 0 rings (SSSR count). The fourth-order valence-electron chi connectivity index (χ4n) is 3.60. The molecule has 3 nitrogen and oxygen atoms in total. The Balaban J connectivity index is 5.85. The summed E-state index contributed by atoms with van der Waals surface area (Å²) in [4.78, 5) is 0. The first-order chi connectivity index (χ1) is 7.81. The van der Waals surface area contributed by atoms with Crippen molar-refractivity contribution in [2.75, 3.05) is 25.2 Å². The van der Waals surface area contributed by atoms with Gasteiger partial charge in [0.25, 0.3) is 0 Å². The second-order valence-corrected chi connectivity index (χ2v) is 18.5. The van der Waals surface area contributed by atoms with E-state index in [1.54, 1.807) is 0 Å². The van der Waals surface area contributed by atoms with Gasteiger partial charge in [-0.25, -0.2) is 0 Å². The molecule has 5 heteroatoms. The first-order valence-corrected chi connectivity index (χ1v) is 12.1. The topological polar surface area (TPSA) is 54.4 Å². The van der Waals surface area contributed by atoms with Crippen molar-refractivity contribution in [3.63, 3.8) is 0 Å². The van der Waals surface area contributed by atoms with Crippen molar-refractivity contribution in [1.82, 2.24) is 0 Å². The van der Waals surface area contributed by atoms with E-state index in [4.69, 9.17) is 0 Å². The molecule has 112 valence electrons. The zero-order chi connectivity index (χ0) is 14.8. The van der Waals surface area contributed by atoms with Gasteiger partial charge >= 0.3 is 113 Å². The Kier molecular flexibility index (Phi) is 5.87. The molecular formula is C13H31O3PS. The van der Waals surface area contributed by atoms with Crippen LogP contribution in [0.3, 0.4) is 0 Å². The molecule has 0 fully saturated rings. The maximum atomic E-state index is 12.2. The van der Waals surface area contributed by atoms with Crippen LogP contribution in [-0.2, 0) is 9.74 Å². The third kappa shape index (κ3) is 4.18. The molecule has 0 aliphatic rings. The van der Waals surface area contributed by atoms with E-state index in [9.17, 15) is 13.0 Å². The van der Waals surface area contributed by atoms with E-state index in [1.807, 2.05) is 48.2 Å². The fraction of sp³-hybridized carbons (Fsp3) is 1.00. The average Bonchev–Trinajstić information content (AvgIpc) is 1.94. The molecule has 0 saturated heterocycles. The van der Waals surface area contributed by atoms with E-state index in [0.29, 0.717) is 18.5 Å². The maximum absolute atomic E-state index is 12.2. The monoisotopic (exact) mass is 298 g/mol. The number of hydrogen-bond acceptors (Lipinski definition) is 2. The molecule has 0 bridgehead atoms. The van der Waals surface area contributed by atoms with Crippen LogP contribution in [0.15, 0.2) is 0 Å². The number of rotatable bonds is 7. The van der Waals surface area contributed by atoms with Crippen molar-refractivity contribution in [1.29, 1.82) is 0 Å². The van der Waals surface area contributed by atoms with Crippen LogP contribution in [0.2, 0.25) is 0 Å². The normalized spacial score (nSPS) is 16.3. The summed E-state index contributed by atoms with van der Waals surface area (Å²) in [5, 5.41) is 0. The van der Waals surface area contributed by atoms with Gasteiger partial charge in [0.05, 0.1) is 0 Å². The summed E-state index contributed by atoms with van der Waals surface area (Å²) >= 11 is 0. The van der Waals surface area contributed by atoms with Crippen molar-refractivity contribution in [3.05, 3.63) is 0 Å². The summed E-state index contributed by atoms with van der Waals surface area (Å²) in [6, 6.07) is 0. The van der Waals surface area contributed by atoms with Gasteiger partial charge in [-0.2, -0.15) is 0 Å². The van der Waals surface area contributed by atoms with Gasteiger partial charge in [-0.05, 0) is 0 Å². The second-order valence-electron chi connectivity index (χ2n) is 7.37. The fourth-order valence-corrected chi connectivity index (χ4v) is 15.2. The van der Waals surface area contributed by atoms with Gasteiger partial charge in [-0.15, -0.1) is 0 Å². The quantitative estimate of drug-likeness (QED) is 0.572. The summed E-state index contributed by atoms with van der Waals surface area (Å²) in [5.74, 6) is -2.30. The molecule has 0 saturated carbocycles. The van der Waals surface area contributed by atoms with Crippen LogP contribution in [0.25, 0.3) is 0 Å². The van der Waals surface area contributed by atoms with Crippen molar-refractivity contribution in [3.8, 4) is 0 Å². The Bertz CT molecular complexity index is 342. The molecule has 0 aliphatic carbocycles. The molecule has 0 aliphatic heterocycles. The van der Waals surface area contributed by atoms with Crippen molar-refractivity contribution < 1.29 is 13.0 Å². The SMILES string of the molecule is CC(C)CP(C)(CC(C)C)(CC(C)C)S(=O)(=O)O. The Labute approximate surface area is 113 Å². The van der Waals surface area contributed by atoms with E-state index in [0.717, 1.165) is 0 Å². The van der Waals surface area contributed by atoms with E-state index in [2.05, 4.69) is 0 Å².